The monoisotopic (exact) mass is 376 g/mol. The van der Waals surface area contributed by atoms with Crippen molar-refractivity contribution in [1.82, 2.24) is 0 Å². The number of ether oxygens (including phenoxy) is 2. The summed E-state index contributed by atoms with van der Waals surface area (Å²) in [6.45, 7) is 2.43. The number of carbonyl (C=O) groups is 1. The summed E-state index contributed by atoms with van der Waals surface area (Å²) in [5.74, 6) is -0.139. The number of carbonyl (C=O) groups excluding carboxylic acids is 1. The Bertz CT molecular complexity index is 991. The Morgan fingerprint density at radius 3 is 2.39 bits per heavy atom. The van der Waals surface area contributed by atoms with E-state index < -0.39 is 5.97 Å². The lowest BCUT2D eigenvalue weighted by Crippen LogP contribution is -2.03. The van der Waals surface area contributed by atoms with E-state index in [0.29, 0.717) is 17.9 Å². The Labute approximate surface area is 164 Å². The summed E-state index contributed by atoms with van der Waals surface area (Å²) in [5.41, 5.74) is 4.26. The van der Waals surface area contributed by atoms with Gasteiger partial charge in [-0.2, -0.15) is 0 Å². The van der Waals surface area contributed by atoms with Gasteiger partial charge in [-0.25, -0.2) is 9.18 Å². The molecule has 0 aliphatic carbocycles. The van der Waals surface area contributed by atoms with Crippen molar-refractivity contribution in [2.45, 2.75) is 13.5 Å². The number of rotatable bonds is 6. The standard InChI is InChI=1S/C24H21FO3/c1-17-5-3-4-6-20(17)16-28-23-14-19(13-21(15-23)24(26)27-2)8-7-18-9-11-22(25)12-10-18/h3-15H,16H2,1-2H3. The largest absolute Gasteiger partial charge is 0.489 e. The molecule has 0 radical (unpaired) electrons. The van der Waals surface area contributed by atoms with Crippen molar-refractivity contribution in [3.63, 3.8) is 0 Å². The van der Waals surface area contributed by atoms with Crippen molar-refractivity contribution in [2.75, 3.05) is 7.11 Å². The number of benzene rings is 3. The highest BCUT2D eigenvalue weighted by atomic mass is 19.1. The zero-order valence-corrected chi connectivity index (χ0v) is 15.8. The molecule has 0 bridgehead atoms. The van der Waals surface area contributed by atoms with Crippen LogP contribution in [0.1, 0.15) is 32.6 Å². The first-order valence-electron chi connectivity index (χ1n) is 8.89. The molecule has 0 saturated heterocycles. The molecule has 0 N–H and O–H groups in total. The van der Waals surface area contributed by atoms with E-state index in [1.165, 1.54) is 19.2 Å². The van der Waals surface area contributed by atoms with E-state index in [4.69, 9.17) is 9.47 Å². The van der Waals surface area contributed by atoms with Gasteiger partial charge in [0, 0.05) is 0 Å². The second-order valence-corrected chi connectivity index (χ2v) is 6.38. The molecule has 0 amide bonds. The van der Waals surface area contributed by atoms with Crippen molar-refractivity contribution >= 4 is 18.1 Å². The predicted octanol–water partition coefficient (Wildman–Crippen LogP) is 5.67. The molecule has 0 unspecified atom stereocenters. The number of esters is 1. The number of methoxy groups -OCH3 is 1. The van der Waals surface area contributed by atoms with E-state index in [1.807, 2.05) is 49.4 Å². The minimum atomic E-state index is -0.433. The van der Waals surface area contributed by atoms with Gasteiger partial charge in [-0.15, -0.1) is 0 Å². The normalized spacial score (nSPS) is 10.8. The SMILES string of the molecule is COC(=O)c1cc(C=Cc2ccc(F)cc2)cc(OCc2ccccc2C)c1. The summed E-state index contributed by atoms with van der Waals surface area (Å²) in [6.07, 6.45) is 3.70. The fourth-order valence-electron chi connectivity index (χ4n) is 2.74. The molecule has 3 rings (SSSR count). The average Bonchev–Trinajstić information content (AvgIpc) is 2.72. The third kappa shape index (κ3) is 5.07. The molecular weight excluding hydrogens is 355 g/mol. The molecule has 4 heteroatoms. The fraction of sp³-hybridized carbons (Fsp3) is 0.125. The Balaban J connectivity index is 1.85. The number of hydrogen-bond donors (Lipinski definition) is 0. The van der Waals surface area contributed by atoms with Gasteiger partial charge in [-0.05, 0) is 59.5 Å². The second kappa shape index (κ2) is 9.00. The first kappa shape index (κ1) is 19.4. The van der Waals surface area contributed by atoms with Crippen LogP contribution in [0.3, 0.4) is 0 Å². The zero-order chi connectivity index (χ0) is 19.9. The van der Waals surface area contributed by atoms with Gasteiger partial charge in [0.2, 0.25) is 0 Å². The summed E-state index contributed by atoms with van der Waals surface area (Å²) in [4.78, 5) is 12.0. The third-order valence-corrected chi connectivity index (χ3v) is 4.34. The minimum absolute atomic E-state index is 0.281. The van der Waals surface area contributed by atoms with Gasteiger partial charge in [0.25, 0.3) is 0 Å². The van der Waals surface area contributed by atoms with Crippen molar-refractivity contribution in [2.24, 2.45) is 0 Å². The van der Waals surface area contributed by atoms with Crippen LogP contribution in [0.4, 0.5) is 4.39 Å². The zero-order valence-electron chi connectivity index (χ0n) is 15.8. The number of halogens is 1. The second-order valence-electron chi connectivity index (χ2n) is 6.38. The quantitative estimate of drug-likeness (QED) is 0.411. The lowest BCUT2D eigenvalue weighted by molar-refractivity contribution is 0.0600. The van der Waals surface area contributed by atoms with Gasteiger partial charge < -0.3 is 9.47 Å². The Hall–Kier alpha value is -3.40. The van der Waals surface area contributed by atoms with Crippen LogP contribution in [-0.4, -0.2) is 13.1 Å². The van der Waals surface area contributed by atoms with Gasteiger partial charge in [0.05, 0.1) is 12.7 Å². The van der Waals surface area contributed by atoms with Crippen molar-refractivity contribution < 1.29 is 18.7 Å². The Morgan fingerprint density at radius 2 is 1.68 bits per heavy atom. The molecule has 3 aromatic rings. The van der Waals surface area contributed by atoms with Crippen LogP contribution in [0.25, 0.3) is 12.2 Å². The van der Waals surface area contributed by atoms with E-state index in [0.717, 1.165) is 22.3 Å². The third-order valence-electron chi connectivity index (χ3n) is 4.34. The first-order valence-corrected chi connectivity index (χ1v) is 8.89. The van der Waals surface area contributed by atoms with Gasteiger partial charge in [-0.1, -0.05) is 48.6 Å². The van der Waals surface area contributed by atoms with Crippen LogP contribution in [0.5, 0.6) is 5.75 Å². The van der Waals surface area contributed by atoms with E-state index in [-0.39, 0.29) is 5.82 Å². The highest BCUT2D eigenvalue weighted by molar-refractivity contribution is 5.91. The molecule has 0 spiro atoms. The molecule has 0 aliphatic heterocycles. The molecule has 0 atom stereocenters. The van der Waals surface area contributed by atoms with Gasteiger partial charge in [0.15, 0.2) is 0 Å². The fourth-order valence-corrected chi connectivity index (χ4v) is 2.74. The van der Waals surface area contributed by atoms with Crippen molar-refractivity contribution in [3.8, 4) is 5.75 Å². The summed E-state index contributed by atoms with van der Waals surface area (Å²) < 4.78 is 23.8. The summed E-state index contributed by atoms with van der Waals surface area (Å²) in [5, 5.41) is 0. The molecule has 0 aliphatic rings. The highest BCUT2D eigenvalue weighted by Gasteiger charge is 2.09. The van der Waals surface area contributed by atoms with Crippen molar-refractivity contribution in [3.05, 3.63) is 100 Å². The number of aryl methyl sites for hydroxylation is 1. The van der Waals surface area contributed by atoms with Crippen LogP contribution in [0, 0.1) is 12.7 Å². The number of hydrogen-bond acceptors (Lipinski definition) is 3. The molecule has 0 heterocycles. The Kier molecular flexibility index (Phi) is 6.22. The van der Waals surface area contributed by atoms with E-state index in [2.05, 4.69) is 0 Å². The lowest BCUT2D eigenvalue weighted by atomic mass is 10.1. The maximum absolute atomic E-state index is 13.0. The van der Waals surface area contributed by atoms with E-state index >= 15 is 0 Å². The summed E-state index contributed by atoms with van der Waals surface area (Å²) in [6, 6.07) is 19.4. The van der Waals surface area contributed by atoms with Crippen LogP contribution in [-0.2, 0) is 11.3 Å². The predicted molar refractivity (Wildman–Crippen MR) is 109 cm³/mol. The molecule has 0 fully saturated rings. The lowest BCUT2D eigenvalue weighted by Gasteiger charge is -2.11. The van der Waals surface area contributed by atoms with E-state index in [9.17, 15) is 9.18 Å². The summed E-state index contributed by atoms with van der Waals surface area (Å²) >= 11 is 0. The van der Waals surface area contributed by atoms with Gasteiger partial charge in [-0.3, -0.25) is 0 Å². The minimum Gasteiger partial charge on any atom is -0.489 e. The maximum atomic E-state index is 13.0. The Morgan fingerprint density at radius 1 is 0.964 bits per heavy atom. The first-order chi connectivity index (χ1) is 13.5. The average molecular weight is 376 g/mol. The molecule has 0 aromatic heterocycles. The molecule has 142 valence electrons. The molecule has 3 aromatic carbocycles. The van der Waals surface area contributed by atoms with Crippen LogP contribution in [0.15, 0.2) is 66.7 Å². The highest BCUT2D eigenvalue weighted by Crippen LogP contribution is 2.22. The van der Waals surface area contributed by atoms with Crippen molar-refractivity contribution in [1.29, 1.82) is 0 Å². The van der Waals surface area contributed by atoms with Crippen LogP contribution in [0.2, 0.25) is 0 Å². The van der Waals surface area contributed by atoms with E-state index in [1.54, 1.807) is 24.3 Å². The molecular formula is C24H21FO3. The smallest absolute Gasteiger partial charge is 0.338 e. The van der Waals surface area contributed by atoms with Crippen LogP contribution >= 0.6 is 0 Å². The van der Waals surface area contributed by atoms with Crippen LogP contribution < -0.4 is 4.74 Å². The summed E-state index contributed by atoms with van der Waals surface area (Å²) in [7, 11) is 1.34. The molecule has 28 heavy (non-hydrogen) atoms. The van der Waals surface area contributed by atoms with Gasteiger partial charge in [0.1, 0.15) is 18.2 Å². The maximum Gasteiger partial charge on any atom is 0.338 e. The topological polar surface area (TPSA) is 35.5 Å². The molecule has 0 saturated carbocycles. The molecule has 3 nitrogen and oxygen atoms in total. The van der Waals surface area contributed by atoms with Gasteiger partial charge >= 0.3 is 5.97 Å².